The largest absolute Gasteiger partial charge is 0.494 e. The molecule has 31 heavy (non-hydrogen) atoms. The van der Waals surface area contributed by atoms with Crippen molar-refractivity contribution in [2.24, 2.45) is 0 Å². The summed E-state index contributed by atoms with van der Waals surface area (Å²) >= 11 is 0. The summed E-state index contributed by atoms with van der Waals surface area (Å²) in [4.78, 5) is 14.4. The summed E-state index contributed by atoms with van der Waals surface area (Å²) in [5.41, 5.74) is 1.13. The first kappa shape index (κ1) is 23.3. The van der Waals surface area contributed by atoms with Gasteiger partial charge in [0.05, 0.1) is 11.5 Å². The molecule has 1 aliphatic rings. The lowest BCUT2D eigenvalue weighted by atomic mass is 9.93. The number of nitrogens with zero attached hydrogens (tertiary/aromatic N) is 1. The summed E-state index contributed by atoms with van der Waals surface area (Å²) < 4.78 is 30.6. The molecule has 0 saturated carbocycles. The molecule has 0 spiro atoms. The monoisotopic (exact) mass is 445 g/mol. The van der Waals surface area contributed by atoms with Gasteiger partial charge in [0.15, 0.2) is 14.6 Å². The van der Waals surface area contributed by atoms with Crippen LogP contribution in [0.1, 0.15) is 51.1 Å². The van der Waals surface area contributed by atoms with Crippen molar-refractivity contribution in [1.82, 2.24) is 4.90 Å². The second kappa shape index (κ2) is 9.83. The van der Waals surface area contributed by atoms with E-state index in [1.165, 1.54) is 12.1 Å². The standard InChI is InChI=1S/C24H31NO5S/c1-3-4-18-30-21-10-12-22(13-11-21)31(28,29)24(23(26)27)14-16-25(17-15-24)19(2)20-8-6-5-7-9-20/h5-13,19H,3-4,14-18H2,1-2H3,(H,26,27). The molecule has 1 aliphatic heterocycles. The number of carboxylic acid groups (broad SMARTS) is 1. The summed E-state index contributed by atoms with van der Waals surface area (Å²) in [6.07, 6.45) is 2.03. The van der Waals surface area contributed by atoms with Crippen LogP contribution in [0.15, 0.2) is 59.5 Å². The number of carboxylic acids is 1. The molecule has 2 aromatic rings. The van der Waals surface area contributed by atoms with Crippen LogP contribution < -0.4 is 4.74 Å². The molecule has 1 atom stereocenters. The van der Waals surface area contributed by atoms with Crippen molar-refractivity contribution in [3.05, 3.63) is 60.2 Å². The average molecular weight is 446 g/mol. The van der Waals surface area contributed by atoms with E-state index >= 15 is 0 Å². The number of ether oxygens (including phenoxy) is 1. The molecular weight excluding hydrogens is 414 g/mol. The van der Waals surface area contributed by atoms with E-state index in [4.69, 9.17) is 4.74 Å². The SMILES string of the molecule is CCCCOc1ccc(S(=O)(=O)C2(C(=O)O)CCN(C(C)c3ccccc3)CC2)cc1. The van der Waals surface area contributed by atoms with E-state index in [9.17, 15) is 18.3 Å². The molecule has 1 N–H and O–H groups in total. The summed E-state index contributed by atoms with van der Waals surface area (Å²) in [5, 5.41) is 10.0. The molecule has 1 fully saturated rings. The van der Waals surface area contributed by atoms with Gasteiger partial charge in [-0.25, -0.2) is 8.42 Å². The van der Waals surface area contributed by atoms with Gasteiger partial charge in [-0.3, -0.25) is 9.69 Å². The molecule has 0 amide bonds. The van der Waals surface area contributed by atoms with Gasteiger partial charge in [0.25, 0.3) is 0 Å². The summed E-state index contributed by atoms with van der Waals surface area (Å²) in [6, 6.07) is 16.2. The van der Waals surface area contributed by atoms with Crippen LogP contribution in [0, 0.1) is 0 Å². The van der Waals surface area contributed by atoms with Gasteiger partial charge < -0.3 is 9.84 Å². The third-order valence-corrected chi connectivity index (χ3v) is 8.74. The molecule has 7 heteroatoms. The molecule has 1 heterocycles. The van der Waals surface area contributed by atoms with Crippen molar-refractivity contribution in [3.63, 3.8) is 0 Å². The van der Waals surface area contributed by atoms with Crippen molar-refractivity contribution >= 4 is 15.8 Å². The zero-order valence-corrected chi connectivity index (χ0v) is 19.0. The first-order valence-corrected chi connectivity index (χ1v) is 12.3. The smallest absolute Gasteiger partial charge is 0.325 e. The maximum atomic E-state index is 13.4. The van der Waals surface area contributed by atoms with Gasteiger partial charge in [0, 0.05) is 19.1 Å². The first-order valence-electron chi connectivity index (χ1n) is 10.8. The lowest BCUT2D eigenvalue weighted by molar-refractivity contribution is -0.141. The second-order valence-electron chi connectivity index (χ2n) is 8.10. The number of sulfone groups is 1. The molecule has 0 bridgehead atoms. The fourth-order valence-electron chi connectivity index (χ4n) is 4.09. The molecule has 0 aliphatic carbocycles. The third kappa shape index (κ3) is 4.77. The Hall–Kier alpha value is -2.38. The first-order chi connectivity index (χ1) is 14.8. The Kier molecular flexibility index (Phi) is 7.38. The highest BCUT2D eigenvalue weighted by Crippen LogP contribution is 2.38. The summed E-state index contributed by atoms with van der Waals surface area (Å²) in [6.45, 7) is 5.50. The fraction of sp³-hybridized carbons (Fsp3) is 0.458. The van der Waals surface area contributed by atoms with Crippen molar-refractivity contribution in [2.75, 3.05) is 19.7 Å². The van der Waals surface area contributed by atoms with Crippen molar-refractivity contribution in [1.29, 1.82) is 0 Å². The average Bonchev–Trinajstić information content (AvgIpc) is 2.79. The summed E-state index contributed by atoms with van der Waals surface area (Å²) in [5.74, 6) is -0.689. The van der Waals surface area contributed by atoms with E-state index in [0.29, 0.717) is 25.4 Å². The number of likely N-dealkylation sites (tertiary alicyclic amines) is 1. The highest BCUT2D eigenvalue weighted by atomic mass is 32.2. The topological polar surface area (TPSA) is 83.9 Å². The molecule has 168 valence electrons. The molecule has 2 aromatic carbocycles. The van der Waals surface area contributed by atoms with Crippen LogP contribution in [-0.2, 0) is 14.6 Å². The lowest BCUT2D eigenvalue weighted by Crippen LogP contribution is -2.54. The number of carbonyl (C=O) groups is 1. The fourth-order valence-corrected chi connectivity index (χ4v) is 5.98. The second-order valence-corrected chi connectivity index (χ2v) is 10.4. The van der Waals surface area contributed by atoms with Gasteiger partial charge in [0.1, 0.15) is 5.75 Å². The van der Waals surface area contributed by atoms with Gasteiger partial charge in [0.2, 0.25) is 0 Å². The Balaban J connectivity index is 1.77. The van der Waals surface area contributed by atoms with E-state index in [0.717, 1.165) is 18.4 Å². The van der Waals surface area contributed by atoms with Gasteiger partial charge in [-0.1, -0.05) is 43.7 Å². The Bertz CT molecular complexity index is 965. The highest BCUT2D eigenvalue weighted by Gasteiger charge is 2.53. The third-order valence-electron chi connectivity index (χ3n) is 6.24. The van der Waals surface area contributed by atoms with Crippen LogP contribution in [0.3, 0.4) is 0 Å². The predicted molar refractivity (Wildman–Crippen MR) is 120 cm³/mol. The minimum Gasteiger partial charge on any atom is -0.494 e. The molecule has 1 saturated heterocycles. The zero-order chi connectivity index (χ0) is 22.5. The number of rotatable bonds is 9. The minimum atomic E-state index is -4.06. The Morgan fingerprint density at radius 2 is 1.71 bits per heavy atom. The van der Waals surface area contributed by atoms with Gasteiger partial charge in [-0.15, -0.1) is 0 Å². The van der Waals surface area contributed by atoms with E-state index in [1.54, 1.807) is 12.1 Å². The zero-order valence-electron chi connectivity index (χ0n) is 18.2. The van der Waals surface area contributed by atoms with E-state index < -0.39 is 20.6 Å². The maximum absolute atomic E-state index is 13.4. The van der Waals surface area contributed by atoms with Crippen LogP contribution in [0.4, 0.5) is 0 Å². The quantitative estimate of drug-likeness (QED) is 0.579. The molecule has 0 aromatic heterocycles. The van der Waals surface area contributed by atoms with Crippen LogP contribution in [0.2, 0.25) is 0 Å². The van der Waals surface area contributed by atoms with E-state index in [-0.39, 0.29) is 23.8 Å². The Labute approximate surface area is 184 Å². The molecule has 3 rings (SSSR count). The Morgan fingerprint density at radius 3 is 2.26 bits per heavy atom. The van der Waals surface area contributed by atoms with E-state index in [1.807, 2.05) is 30.3 Å². The van der Waals surface area contributed by atoms with Crippen molar-refractivity contribution in [3.8, 4) is 5.75 Å². The maximum Gasteiger partial charge on any atom is 0.325 e. The minimum absolute atomic E-state index is 0.0299. The van der Waals surface area contributed by atoms with Crippen LogP contribution in [0.5, 0.6) is 5.75 Å². The molecule has 0 radical (unpaired) electrons. The summed E-state index contributed by atoms with van der Waals surface area (Å²) in [7, 11) is -4.06. The number of hydrogen-bond acceptors (Lipinski definition) is 5. The van der Waals surface area contributed by atoms with Gasteiger partial charge in [-0.2, -0.15) is 0 Å². The van der Waals surface area contributed by atoms with Crippen molar-refractivity contribution in [2.45, 2.75) is 55.2 Å². The lowest BCUT2D eigenvalue weighted by Gasteiger charge is -2.40. The number of piperidine rings is 1. The van der Waals surface area contributed by atoms with Gasteiger partial charge in [-0.05, 0) is 56.0 Å². The number of unbranched alkanes of at least 4 members (excludes halogenated alkanes) is 1. The van der Waals surface area contributed by atoms with Gasteiger partial charge >= 0.3 is 5.97 Å². The normalized spacial score (nSPS) is 17.7. The molecular formula is C24H31NO5S. The molecule has 1 unspecified atom stereocenters. The number of aliphatic carboxylic acids is 1. The van der Waals surface area contributed by atoms with Crippen molar-refractivity contribution < 1.29 is 23.1 Å². The molecule has 6 nitrogen and oxygen atoms in total. The van der Waals surface area contributed by atoms with E-state index in [2.05, 4.69) is 18.7 Å². The highest BCUT2D eigenvalue weighted by molar-refractivity contribution is 7.93. The number of benzene rings is 2. The van der Waals surface area contributed by atoms with Crippen LogP contribution in [-0.4, -0.2) is 48.8 Å². The Morgan fingerprint density at radius 1 is 1.10 bits per heavy atom. The van der Waals surface area contributed by atoms with Crippen LogP contribution in [0.25, 0.3) is 0 Å². The van der Waals surface area contributed by atoms with Crippen LogP contribution >= 0.6 is 0 Å². The number of hydrogen-bond donors (Lipinski definition) is 1. The predicted octanol–water partition coefficient (Wildman–Crippen LogP) is 4.32.